The van der Waals surface area contributed by atoms with Crippen molar-refractivity contribution in [1.82, 2.24) is 10.3 Å². The van der Waals surface area contributed by atoms with E-state index in [1.165, 1.54) is 11.3 Å². The Bertz CT molecular complexity index is 871. The summed E-state index contributed by atoms with van der Waals surface area (Å²) in [5, 5.41) is 9.09. The van der Waals surface area contributed by atoms with E-state index in [1.807, 2.05) is 53.9 Å². The van der Waals surface area contributed by atoms with Gasteiger partial charge in [-0.05, 0) is 31.5 Å². The fourth-order valence-corrected chi connectivity index (χ4v) is 4.26. The normalized spacial score (nSPS) is 16.2. The number of carbonyl (C=O) groups excluding carboxylic acids is 1. The first kappa shape index (κ1) is 16.9. The van der Waals surface area contributed by atoms with Crippen molar-refractivity contribution >= 4 is 22.4 Å². The maximum atomic E-state index is 13.3. The molecule has 3 aromatic rings. The standard InChI is InChI=1S/C21H21N3OS/c25-19(21(11-13-22-14-12-21)17-9-5-2-6-10-17)24-20-23-18(15-26-20)16-7-3-1-4-8-16/h1-10,15,22H,11-14H2,(H,23,24,25). The van der Waals surface area contributed by atoms with Gasteiger partial charge < -0.3 is 10.6 Å². The number of nitrogens with one attached hydrogen (secondary N) is 2. The predicted octanol–water partition coefficient (Wildman–Crippen LogP) is 4.07. The molecule has 1 saturated heterocycles. The van der Waals surface area contributed by atoms with Gasteiger partial charge in [-0.1, -0.05) is 60.7 Å². The van der Waals surface area contributed by atoms with E-state index in [1.54, 1.807) is 0 Å². The van der Waals surface area contributed by atoms with Gasteiger partial charge in [0, 0.05) is 10.9 Å². The van der Waals surface area contributed by atoms with Crippen molar-refractivity contribution in [2.24, 2.45) is 0 Å². The molecule has 1 aromatic heterocycles. The maximum Gasteiger partial charge on any atom is 0.236 e. The Morgan fingerprint density at radius 2 is 1.65 bits per heavy atom. The molecule has 1 aliphatic rings. The molecule has 2 aromatic carbocycles. The zero-order valence-electron chi connectivity index (χ0n) is 14.4. The molecule has 0 aliphatic carbocycles. The zero-order chi connectivity index (χ0) is 17.8. The van der Waals surface area contributed by atoms with Gasteiger partial charge in [-0.15, -0.1) is 11.3 Å². The number of nitrogens with zero attached hydrogens (tertiary/aromatic N) is 1. The number of rotatable bonds is 4. The van der Waals surface area contributed by atoms with Crippen molar-refractivity contribution in [3.05, 3.63) is 71.6 Å². The van der Waals surface area contributed by atoms with Crippen molar-refractivity contribution in [3.8, 4) is 11.3 Å². The van der Waals surface area contributed by atoms with E-state index in [9.17, 15) is 4.79 Å². The summed E-state index contributed by atoms with van der Waals surface area (Å²) in [6.45, 7) is 1.69. The molecule has 0 atom stereocenters. The number of thiazole rings is 1. The zero-order valence-corrected chi connectivity index (χ0v) is 15.3. The van der Waals surface area contributed by atoms with E-state index >= 15 is 0 Å². The van der Waals surface area contributed by atoms with Crippen LogP contribution in [0.2, 0.25) is 0 Å². The summed E-state index contributed by atoms with van der Waals surface area (Å²) in [6, 6.07) is 20.1. The number of hydrogen-bond acceptors (Lipinski definition) is 4. The van der Waals surface area contributed by atoms with Crippen molar-refractivity contribution in [2.75, 3.05) is 18.4 Å². The monoisotopic (exact) mass is 363 g/mol. The van der Waals surface area contributed by atoms with E-state index < -0.39 is 5.41 Å². The Kier molecular flexibility index (Phi) is 4.82. The summed E-state index contributed by atoms with van der Waals surface area (Å²) < 4.78 is 0. The van der Waals surface area contributed by atoms with Crippen LogP contribution in [0.4, 0.5) is 5.13 Å². The number of piperidine rings is 1. The van der Waals surface area contributed by atoms with Gasteiger partial charge in [-0.2, -0.15) is 0 Å². The topological polar surface area (TPSA) is 54.0 Å². The third-order valence-corrected chi connectivity index (χ3v) is 5.77. The predicted molar refractivity (Wildman–Crippen MR) is 106 cm³/mol. The smallest absolute Gasteiger partial charge is 0.236 e. The molecule has 2 heterocycles. The Hall–Kier alpha value is -2.50. The van der Waals surface area contributed by atoms with Gasteiger partial charge in [0.1, 0.15) is 0 Å². The van der Waals surface area contributed by atoms with Gasteiger partial charge in [0.25, 0.3) is 0 Å². The lowest BCUT2D eigenvalue weighted by Crippen LogP contribution is -2.48. The van der Waals surface area contributed by atoms with Crippen LogP contribution in [0.3, 0.4) is 0 Å². The molecular weight excluding hydrogens is 342 g/mol. The quantitative estimate of drug-likeness (QED) is 0.735. The number of amides is 1. The molecule has 1 aliphatic heterocycles. The van der Waals surface area contributed by atoms with Crippen molar-refractivity contribution < 1.29 is 4.79 Å². The molecule has 4 nitrogen and oxygen atoms in total. The number of hydrogen-bond donors (Lipinski definition) is 2. The van der Waals surface area contributed by atoms with Crippen LogP contribution in [-0.4, -0.2) is 24.0 Å². The Labute approximate surface area is 157 Å². The molecule has 4 rings (SSSR count). The van der Waals surface area contributed by atoms with Gasteiger partial charge >= 0.3 is 0 Å². The van der Waals surface area contributed by atoms with Crippen LogP contribution in [0.15, 0.2) is 66.0 Å². The van der Waals surface area contributed by atoms with E-state index in [2.05, 4.69) is 27.8 Å². The summed E-state index contributed by atoms with van der Waals surface area (Å²) >= 11 is 1.47. The van der Waals surface area contributed by atoms with Crippen molar-refractivity contribution in [1.29, 1.82) is 0 Å². The molecule has 1 amide bonds. The molecule has 1 fully saturated rings. The molecule has 0 saturated carbocycles. The highest BCUT2D eigenvalue weighted by molar-refractivity contribution is 7.14. The largest absolute Gasteiger partial charge is 0.317 e. The number of anilines is 1. The molecule has 0 bridgehead atoms. The minimum Gasteiger partial charge on any atom is -0.317 e. The Morgan fingerprint density at radius 1 is 1.00 bits per heavy atom. The Balaban J connectivity index is 1.59. The first-order chi connectivity index (χ1) is 12.8. The van der Waals surface area contributed by atoms with Crippen LogP contribution in [0.25, 0.3) is 11.3 Å². The van der Waals surface area contributed by atoms with E-state index in [0.717, 1.165) is 42.8 Å². The lowest BCUT2D eigenvalue weighted by Gasteiger charge is -2.36. The molecule has 132 valence electrons. The fourth-order valence-electron chi connectivity index (χ4n) is 3.55. The van der Waals surface area contributed by atoms with Gasteiger partial charge in [0.15, 0.2) is 5.13 Å². The highest BCUT2D eigenvalue weighted by Crippen LogP contribution is 2.35. The van der Waals surface area contributed by atoms with Gasteiger partial charge in [0.05, 0.1) is 11.1 Å². The summed E-state index contributed by atoms with van der Waals surface area (Å²) in [5.74, 6) is 0.0409. The van der Waals surface area contributed by atoms with E-state index in [4.69, 9.17) is 0 Å². The first-order valence-corrected chi connectivity index (χ1v) is 9.75. The van der Waals surface area contributed by atoms with Crippen LogP contribution in [0.1, 0.15) is 18.4 Å². The van der Waals surface area contributed by atoms with E-state index in [-0.39, 0.29) is 5.91 Å². The molecule has 0 radical (unpaired) electrons. The van der Waals surface area contributed by atoms with Crippen LogP contribution < -0.4 is 10.6 Å². The maximum absolute atomic E-state index is 13.3. The second-order valence-corrected chi connectivity index (χ2v) is 7.41. The van der Waals surface area contributed by atoms with Gasteiger partial charge in [-0.25, -0.2) is 4.98 Å². The summed E-state index contributed by atoms with van der Waals surface area (Å²) in [6.07, 6.45) is 1.58. The van der Waals surface area contributed by atoms with E-state index in [0.29, 0.717) is 5.13 Å². The second kappa shape index (κ2) is 7.40. The highest BCUT2D eigenvalue weighted by atomic mass is 32.1. The van der Waals surface area contributed by atoms with Gasteiger partial charge in [0.2, 0.25) is 5.91 Å². The minimum absolute atomic E-state index is 0.0409. The number of aromatic nitrogens is 1. The van der Waals surface area contributed by atoms with Crippen molar-refractivity contribution in [2.45, 2.75) is 18.3 Å². The molecule has 0 unspecified atom stereocenters. The highest BCUT2D eigenvalue weighted by Gasteiger charge is 2.41. The van der Waals surface area contributed by atoms with Gasteiger partial charge in [-0.3, -0.25) is 4.79 Å². The molecule has 5 heteroatoms. The van der Waals surface area contributed by atoms with Crippen molar-refractivity contribution in [3.63, 3.8) is 0 Å². The number of benzene rings is 2. The second-order valence-electron chi connectivity index (χ2n) is 6.56. The lowest BCUT2D eigenvalue weighted by molar-refractivity contribution is -0.122. The SMILES string of the molecule is O=C(Nc1nc(-c2ccccc2)cs1)C1(c2ccccc2)CCNCC1. The average Bonchev–Trinajstić information content (AvgIpc) is 3.18. The number of carbonyl (C=O) groups is 1. The summed E-state index contributed by atoms with van der Waals surface area (Å²) in [7, 11) is 0. The first-order valence-electron chi connectivity index (χ1n) is 8.87. The Morgan fingerprint density at radius 3 is 2.35 bits per heavy atom. The molecule has 0 spiro atoms. The summed E-state index contributed by atoms with van der Waals surface area (Å²) in [4.78, 5) is 17.9. The summed E-state index contributed by atoms with van der Waals surface area (Å²) in [5.41, 5.74) is 2.54. The average molecular weight is 363 g/mol. The van der Waals surface area contributed by atoms with Crippen LogP contribution in [-0.2, 0) is 10.2 Å². The third-order valence-electron chi connectivity index (χ3n) is 5.01. The lowest BCUT2D eigenvalue weighted by atomic mass is 9.72. The van der Waals surface area contributed by atoms with Crippen LogP contribution in [0, 0.1) is 0 Å². The molecule has 2 N–H and O–H groups in total. The third kappa shape index (κ3) is 3.28. The van der Waals surface area contributed by atoms with Crippen LogP contribution >= 0.6 is 11.3 Å². The van der Waals surface area contributed by atoms with Crippen LogP contribution in [0.5, 0.6) is 0 Å². The molecular formula is C21H21N3OS. The fraction of sp³-hybridized carbons (Fsp3) is 0.238. The molecule has 26 heavy (non-hydrogen) atoms. The minimum atomic E-state index is -0.495.